The van der Waals surface area contributed by atoms with Gasteiger partial charge in [0.05, 0.1) is 22.7 Å². The summed E-state index contributed by atoms with van der Waals surface area (Å²) >= 11 is 6.15. The third-order valence-electron chi connectivity index (χ3n) is 5.05. The molecule has 5 heteroatoms. The Labute approximate surface area is 182 Å². The van der Waals surface area contributed by atoms with Crippen LogP contribution < -0.4 is 9.47 Å². The van der Waals surface area contributed by atoms with Crippen molar-refractivity contribution in [2.45, 2.75) is 32.9 Å². The van der Waals surface area contributed by atoms with E-state index in [9.17, 15) is 0 Å². The Morgan fingerprint density at radius 2 is 1.57 bits per heavy atom. The molecule has 0 amide bonds. The van der Waals surface area contributed by atoms with Gasteiger partial charge >= 0.3 is 0 Å². The van der Waals surface area contributed by atoms with Crippen molar-refractivity contribution in [1.29, 1.82) is 0 Å². The maximum atomic E-state index is 6.15. The highest BCUT2D eigenvalue weighted by Crippen LogP contribution is 2.24. The Hall–Kier alpha value is -2.98. The first kappa shape index (κ1) is 20.3. The largest absolute Gasteiger partial charge is 0.492 e. The van der Waals surface area contributed by atoms with Crippen LogP contribution in [-0.2, 0) is 13.2 Å². The summed E-state index contributed by atoms with van der Waals surface area (Å²) in [6.45, 7) is 3.98. The van der Waals surface area contributed by atoms with Gasteiger partial charge in [-0.2, -0.15) is 0 Å². The number of ether oxygens (including phenoxy) is 2. The average molecular weight is 421 g/mol. The summed E-state index contributed by atoms with van der Waals surface area (Å²) in [7, 11) is 0. The van der Waals surface area contributed by atoms with Crippen LogP contribution in [0.3, 0.4) is 0 Å². The van der Waals surface area contributed by atoms with Crippen LogP contribution in [0.1, 0.15) is 24.2 Å². The summed E-state index contributed by atoms with van der Waals surface area (Å²) in [6, 6.07) is 23.8. The van der Waals surface area contributed by atoms with Gasteiger partial charge in [0, 0.05) is 6.54 Å². The molecule has 0 aliphatic carbocycles. The molecule has 0 fully saturated rings. The van der Waals surface area contributed by atoms with Crippen molar-refractivity contribution in [2.24, 2.45) is 0 Å². The zero-order chi connectivity index (χ0) is 20.8. The number of nitrogens with zero attached hydrogens (tertiary/aromatic N) is 2. The lowest BCUT2D eigenvalue weighted by Gasteiger charge is -2.12. The number of aromatic nitrogens is 2. The maximum Gasteiger partial charge on any atom is 0.147 e. The van der Waals surface area contributed by atoms with Crippen molar-refractivity contribution >= 4 is 22.6 Å². The standard InChI is InChI=1S/C25H25ClN2O2/c1-19-10-2-6-14-23(19)30-18-25-27-21-12-4-5-13-22(21)28(25)16-8-9-17-29-24-15-7-3-11-20(24)26/h2-7,10-15H,8-9,16-18H2,1H3. The van der Waals surface area contributed by atoms with Crippen molar-refractivity contribution in [3.8, 4) is 11.5 Å². The van der Waals surface area contributed by atoms with Crippen molar-refractivity contribution in [1.82, 2.24) is 9.55 Å². The lowest BCUT2D eigenvalue weighted by molar-refractivity contribution is 0.283. The molecule has 0 spiro atoms. The molecular weight excluding hydrogens is 396 g/mol. The highest BCUT2D eigenvalue weighted by Gasteiger charge is 2.11. The molecule has 0 saturated heterocycles. The Kier molecular flexibility index (Phi) is 6.55. The molecule has 0 atom stereocenters. The smallest absolute Gasteiger partial charge is 0.147 e. The van der Waals surface area contributed by atoms with Crippen molar-refractivity contribution in [3.05, 3.63) is 89.2 Å². The first-order valence-corrected chi connectivity index (χ1v) is 10.6. The predicted octanol–water partition coefficient (Wildman–Crippen LogP) is 6.44. The lowest BCUT2D eigenvalue weighted by atomic mass is 10.2. The SMILES string of the molecule is Cc1ccccc1OCc1nc2ccccc2n1CCCCOc1ccccc1Cl. The molecule has 0 bridgehead atoms. The summed E-state index contributed by atoms with van der Waals surface area (Å²) in [5.74, 6) is 2.57. The van der Waals surface area contributed by atoms with Crippen LogP contribution >= 0.6 is 11.6 Å². The molecule has 1 aromatic heterocycles. The molecule has 4 rings (SSSR count). The van der Waals surface area contributed by atoms with Crippen molar-refractivity contribution < 1.29 is 9.47 Å². The monoisotopic (exact) mass is 420 g/mol. The van der Waals surface area contributed by atoms with E-state index in [0.717, 1.165) is 53.3 Å². The molecule has 0 radical (unpaired) electrons. The van der Waals surface area contributed by atoms with Crippen LogP contribution in [-0.4, -0.2) is 16.2 Å². The van der Waals surface area contributed by atoms with Gasteiger partial charge in [0.2, 0.25) is 0 Å². The first-order chi connectivity index (χ1) is 14.7. The lowest BCUT2D eigenvalue weighted by Crippen LogP contribution is -2.09. The third-order valence-corrected chi connectivity index (χ3v) is 5.37. The van der Waals surface area contributed by atoms with Gasteiger partial charge in [-0.05, 0) is 55.7 Å². The molecule has 0 aliphatic rings. The number of benzene rings is 3. The number of imidazole rings is 1. The Morgan fingerprint density at radius 3 is 2.40 bits per heavy atom. The second-order valence-corrected chi connectivity index (χ2v) is 7.62. The second kappa shape index (κ2) is 9.68. The summed E-state index contributed by atoms with van der Waals surface area (Å²) in [6.07, 6.45) is 1.90. The summed E-state index contributed by atoms with van der Waals surface area (Å²) in [5, 5.41) is 0.647. The molecular formula is C25H25ClN2O2. The Bertz CT molecular complexity index is 1120. The number of aryl methyl sites for hydroxylation is 2. The minimum absolute atomic E-state index is 0.440. The van der Waals surface area contributed by atoms with E-state index in [1.165, 1.54) is 0 Å². The van der Waals surface area contributed by atoms with Gasteiger partial charge in [-0.15, -0.1) is 0 Å². The highest BCUT2D eigenvalue weighted by atomic mass is 35.5. The fraction of sp³-hybridized carbons (Fsp3) is 0.240. The molecule has 3 aromatic carbocycles. The van der Waals surface area contributed by atoms with Crippen LogP contribution in [0.5, 0.6) is 11.5 Å². The number of hydrogen-bond donors (Lipinski definition) is 0. The van der Waals surface area contributed by atoms with Gasteiger partial charge < -0.3 is 14.0 Å². The number of unbranched alkanes of at least 4 members (excludes halogenated alkanes) is 1. The summed E-state index contributed by atoms with van der Waals surface area (Å²) in [4.78, 5) is 4.80. The molecule has 154 valence electrons. The van der Waals surface area contributed by atoms with Crippen LogP contribution in [0, 0.1) is 6.92 Å². The van der Waals surface area contributed by atoms with Gasteiger partial charge in [0.15, 0.2) is 0 Å². The highest BCUT2D eigenvalue weighted by molar-refractivity contribution is 6.32. The van der Waals surface area contributed by atoms with E-state index in [-0.39, 0.29) is 0 Å². The fourth-order valence-electron chi connectivity index (χ4n) is 3.46. The summed E-state index contributed by atoms with van der Waals surface area (Å²) < 4.78 is 14.1. The Balaban J connectivity index is 1.40. The normalized spacial score (nSPS) is 11.0. The van der Waals surface area contributed by atoms with Gasteiger partial charge in [0.25, 0.3) is 0 Å². The number of rotatable bonds is 9. The molecule has 0 aliphatic heterocycles. The molecule has 0 unspecified atom stereocenters. The number of halogens is 1. The first-order valence-electron chi connectivity index (χ1n) is 10.2. The van der Waals surface area contributed by atoms with Gasteiger partial charge in [-0.1, -0.05) is 54.1 Å². The van der Waals surface area contributed by atoms with Crippen LogP contribution in [0.4, 0.5) is 0 Å². The fourth-order valence-corrected chi connectivity index (χ4v) is 3.65. The second-order valence-electron chi connectivity index (χ2n) is 7.21. The predicted molar refractivity (Wildman–Crippen MR) is 121 cm³/mol. The van der Waals surface area contributed by atoms with E-state index >= 15 is 0 Å². The third kappa shape index (κ3) is 4.77. The maximum absolute atomic E-state index is 6.15. The minimum atomic E-state index is 0.440. The zero-order valence-electron chi connectivity index (χ0n) is 17.1. The number of fused-ring (bicyclic) bond motifs is 1. The molecule has 0 N–H and O–H groups in total. The van der Waals surface area contributed by atoms with E-state index in [2.05, 4.69) is 23.6 Å². The van der Waals surface area contributed by atoms with Crippen molar-refractivity contribution in [2.75, 3.05) is 6.61 Å². The quantitative estimate of drug-likeness (QED) is 0.292. The minimum Gasteiger partial charge on any atom is -0.492 e. The van der Waals surface area contributed by atoms with E-state index in [4.69, 9.17) is 26.1 Å². The molecule has 4 aromatic rings. The van der Waals surface area contributed by atoms with Crippen LogP contribution in [0.2, 0.25) is 5.02 Å². The number of hydrogen-bond acceptors (Lipinski definition) is 3. The van der Waals surface area contributed by atoms with E-state index in [0.29, 0.717) is 18.2 Å². The van der Waals surface area contributed by atoms with Crippen LogP contribution in [0.15, 0.2) is 72.8 Å². The van der Waals surface area contributed by atoms with E-state index < -0.39 is 0 Å². The molecule has 4 nitrogen and oxygen atoms in total. The van der Waals surface area contributed by atoms with Gasteiger partial charge in [-0.25, -0.2) is 4.98 Å². The zero-order valence-corrected chi connectivity index (χ0v) is 17.8. The molecule has 30 heavy (non-hydrogen) atoms. The molecule has 1 heterocycles. The number of para-hydroxylation sites is 4. The van der Waals surface area contributed by atoms with E-state index in [1.54, 1.807) is 0 Å². The van der Waals surface area contributed by atoms with Gasteiger partial charge in [0.1, 0.15) is 23.9 Å². The Morgan fingerprint density at radius 1 is 0.833 bits per heavy atom. The van der Waals surface area contributed by atoms with Gasteiger partial charge in [-0.3, -0.25) is 0 Å². The van der Waals surface area contributed by atoms with Crippen LogP contribution in [0.25, 0.3) is 11.0 Å². The summed E-state index contributed by atoms with van der Waals surface area (Å²) in [5.41, 5.74) is 3.25. The van der Waals surface area contributed by atoms with Crippen molar-refractivity contribution in [3.63, 3.8) is 0 Å². The average Bonchev–Trinajstić information content (AvgIpc) is 3.12. The topological polar surface area (TPSA) is 36.3 Å². The van der Waals surface area contributed by atoms with E-state index in [1.807, 2.05) is 60.7 Å². The molecule has 0 saturated carbocycles.